The minimum absolute atomic E-state index is 0.143. The van der Waals surface area contributed by atoms with Crippen LogP contribution in [-0.2, 0) is 0 Å². The normalized spacial score (nSPS) is 23.9. The van der Waals surface area contributed by atoms with Crippen molar-refractivity contribution < 1.29 is 14.4 Å². The Kier molecular flexibility index (Phi) is 4.36. The highest BCUT2D eigenvalue weighted by molar-refractivity contribution is 5.94. The monoisotopic (exact) mass is 252 g/mol. The van der Waals surface area contributed by atoms with Crippen molar-refractivity contribution in [1.29, 1.82) is 0 Å². The first-order valence-corrected chi connectivity index (χ1v) is 6.52. The van der Waals surface area contributed by atoms with Crippen LogP contribution < -0.4 is 5.32 Å². The topological polar surface area (TPSA) is 75.4 Å². The smallest absolute Gasteiger partial charge is 0.256 e. The second kappa shape index (κ2) is 6.00. The van der Waals surface area contributed by atoms with Crippen molar-refractivity contribution in [3.8, 4) is 0 Å². The van der Waals surface area contributed by atoms with Gasteiger partial charge >= 0.3 is 0 Å². The summed E-state index contributed by atoms with van der Waals surface area (Å²) in [4.78, 5) is 11.9. The maximum absolute atomic E-state index is 11.9. The molecule has 5 nitrogen and oxygen atoms in total. The summed E-state index contributed by atoms with van der Waals surface area (Å²) in [7, 11) is 0. The minimum atomic E-state index is -0.143. The Balaban J connectivity index is 1.87. The van der Waals surface area contributed by atoms with Gasteiger partial charge in [0.1, 0.15) is 11.3 Å². The average Bonchev–Trinajstić information content (AvgIpc) is 2.82. The summed E-state index contributed by atoms with van der Waals surface area (Å²) in [5.74, 6) is 1.10. The van der Waals surface area contributed by atoms with Crippen LogP contribution in [0, 0.1) is 18.8 Å². The molecule has 2 unspecified atom stereocenters. The van der Waals surface area contributed by atoms with E-state index in [1.165, 1.54) is 19.0 Å². The number of carbonyl (C=O) groups is 1. The Morgan fingerprint density at radius 1 is 1.50 bits per heavy atom. The Labute approximate surface area is 107 Å². The third kappa shape index (κ3) is 2.90. The summed E-state index contributed by atoms with van der Waals surface area (Å²) >= 11 is 0. The summed E-state index contributed by atoms with van der Waals surface area (Å²) in [6.45, 7) is 2.56. The van der Waals surface area contributed by atoms with Gasteiger partial charge in [0.15, 0.2) is 0 Å². The second-order valence-corrected chi connectivity index (χ2v) is 4.99. The van der Waals surface area contributed by atoms with Gasteiger partial charge in [-0.2, -0.15) is 0 Å². The zero-order valence-electron chi connectivity index (χ0n) is 10.7. The van der Waals surface area contributed by atoms with E-state index >= 15 is 0 Å². The zero-order chi connectivity index (χ0) is 13.0. The molecule has 0 spiro atoms. The van der Waals surface area contributed by atoms with Crippen LogP contribution >= 0.6 is 0 Å². The molecule has 0 aliphatic heterocycles. The molecule has 0 radical (unpaired) electrons. The van der Waals surface area contributed by atoms with Gasteiger partial charge in [0.2, 0.25) is 0 Å². The number of amides is 1. The molecule has 1 aliphatic carbocycles. The number of aryl methyl sites for hydroxylation is 1. The van der Waals surface area contributed by atoms with Crippen LogP contribution in [0.5, 0.6) is 0 Å². The van der Waals surface area contributed by atoms with Crippen LogP contribution in [0.25, 0.3) is 0 Å². The highest BCUT2D eigenvalue weighted by Gasteiger charge is 2.25. The first-order chi connectivity index (χ1) is 8.72. The molecule has 18 heavy (non-hydrogen) atoms. The maximum Gasteiger partial charge on any atom is 0.256 e. The van der Waals surface area contributed by atoms with E-state index in [-0.39, 0.29) is 12.5 Å². The molecule has 100 valence electrons. The summed E-state index contributed by atoms with van der Waals surface area (Å²) in [5.41, 5.74) is 0.492. The Hall–Kier alpha value is -1.36. The van der Waals surface area contributed by atoms with Crippen molar-refractivity contribution in [1.82, 2.24) is 10.5 Å². The Bertz CT molecular complexity index is 403. The third-order valence-corrected chi connectivity index (χ3v) is 3.82. The van der Waals surface area contributed by atoms with Gasteiger partial charge in [-0.05, 0) is 31.6 Å². The number of rotatable bonds is 4. The number of aliphatic hydroxyl groups is 1. The van der Waals surface area contributed by atoms with E-state index in [1.807, 2.05) is 0 Å². The molecule has 1 fully saturated rings. The van der Waals surface area contributed by atoms with Gasteiger partial charge in [0, 0.05) is 13.2 Å². The lowest BCUT2D eigenvalue weighted by atomic mass is 9.79. The van der Waals surface area contributed by atoms with Crippen LogP contribution in [0.4, 0.5) is 0 Å². The van der Waals surface area contributed by atoms with Crippen molar-refractivity contribution >= 4 is 5.91 Å². The molecule has 1 aliphatic rings. The van der Waals surface area contributed by atoms with E-state index < -0.39 is 0 Å². The fourth-order valence-corrected chi connectivity index (χ4v) is 2.63. The molecular formula is C13H20N2O3. The summed E-state index contributed by atoms with van der Waals surface area (Å²) < 4.78 is 4.87. The standard InChI is InChI=1S/C13H20N2O3/c1-9-12(7-15-18-9)13(17)14-6-10-4-2-3-5-11(10)8-16/h7,10-11,16H,2-6,8H2,1H3,(H,14,17). The molecular weight excluding hydrogens is 232 g/mol. The van der Waals surface area contributed by atoms with Gasteiger partial charge in [-0.3, -0.25) is 4.79 Å². The number of nitrogens with one attached hydrogen (secondary N) is 1. The van der Waals surface area contributed by atoms with Crippen molar-refractivity contribution in [2.75, 3.05) is 13.2 Å². The molecule has 0 aromatic carbocycles. The van der Waals surface area contributed by atoms with Crippen LogP contribution in [0.1, 0.15) is 41.8 Å². The Morgan fingerprint density at radius 2 is 2.22 bits per heavy atom. The fourth-order valence-electron chi connectivity index (χ4n) is 2.63. The molecule has 1 saturated carbocycles. The maximum atomic E-state index is 11.9. The van der Waals surface area contributed by atoms with Crippen molar-refractivity contribution in [3.05, 3.63) is 17.5 Å². The fraction of sp³-hybridized carbons (Fsp3) is 0.692. The summed E-state index contributed by atoms with van der Waals surface area (Å²) in [6.07, 6.45) is 5.94. The van der Waals surface area contributed by atoms with Crippen LogP contribution in [0.2, 0.25) is 0 Å². The van der Waals surface area contributed by atoms with Gasteiger partial charge < -0.3 is 14.9 Å². The largest absolute Gasteiger partial charge is 0.396 e. The van der Waals surface area contributed by atoms with Crippen LogP contribution in [0.15, 0.2) is 10.7 Å². The van der Waals surface area contributed by atoms with Gasteiger partial charge in [-0.1, -0.05) is 18.0 Å². The van der Waals surface area contributed by atoms with Crippen molar-refractivity contribution in [2.24, 2.45) is 11.8 Å². The van der Waals surface area contributed by atoms with E-state index in [2.05, 4.69) is 10.5 Å². The molecule has 5 heteroatoms. The predicted molar refractivity (Wildman–Crippen MR) is 66.1 cm³/mol. The quantitative estimate of drug-likeness (QED) is 0.851. The molecule has 1 heterocycles. The third-order valence-electron chi connectivity index (χ3n) is 3.82. The van der Waals surface area contributed by atoms with Crippen LogP contribution in [0.3, 0.4) is 0 Å². The molecule has 2 atom stereocenters. The molecule has 0 bridgehead atoms. The average molecular weight is 252 g/mol. The highest BCUT2D eigenvalue weighted by atomic mass is 16.5. The molecule has 1 aromatic rings. The van der Waals surface area contributed by atoms with E-state index in [0.29, 0.717) is 29.7 Å². The molecule has 1 aromatic heterocycles. The lowest BCUT2D eigenvalue weighted by molar-refractivity contribution is 0.0908. The van der Waals surface area contributed by atoms with Gasteiger partial charge in [-0.25, -0.2) is 0 Å². The van der Waals surface area contributed by atoms with E-state index in [0.717, 1.165) is 12.8 Å². The van der Waals surface area contributed by atoms with Gasteiger partial charge in [0.25, 0.3) is 5.91 Å². The first kappa shape index (κ1) is 13.1. The van der Waals surface area contributed by atoms with Crippen molar-refractivity contribution in [2.45, 2.75) is 32.6 Å². The Morgan fingerprint density at radius 3 is 2.83 bits per heavy atom. The number of aliphatic hydroxyl groups excluding tert-OH is 1. The molecule has 0 saturated heterocycles. The number of aromatic nitrogens is 1. The minimum Gasteiger partial charge on any atom is -0.396 e. The summed E-state index contributed by atoms with van der Waals surface area (Å²) in [6, 6.07) is 0. The zero-order valence-corrected chi connectivity index (χ0v) is 10.7. The SMILES string of the molecule is Cc1oncc1C(=O)NCC1CCCCC1CO. The van der Waals surface area contributed by atoms with E-state index in [1.54, 1.807) is 6.92 Å². The lowest BCUT2D eigenvalue weighted by Crippen LogP contribution is -2.35. The molecule has 2 rings (SSSR count). The number of nitrogens with zero attached hydrogens (tertiary/aromatic N) is 1. The van der Waals surface area contributed by atoms with Crippen molar-refractivity contribution in [3.63, 3.8) is 0 Å². The number of hydrogen-bond donors (Lipinski definition) is 2. The molecule has 1 amide bonds. The predicted octanol–water partition coefficient (Wildman–Crippen LogP) is 1.51. The molecule has 2 N–H and O–H groups in total. The van der Waals surface area contributed by atoms with E-state index in [9.17, 15) is 9.90 Å². The number of hydrogen-bond acceptors (Lipinski definition) is 4. The van der Waals surface area contributed by atoms with Gasteiger partial charge in [-0.15, -0.1) is 0 Å². The van der Waals surface area contributed by atoms with Gasteiger partial charge in [0.05, 0.1) is 6.20 Å². The summed E-state index contributed by atoms with van der Waals surface area (Å²) in [5, 5.41) is 15.8. The second-order valence-electron chi connectivity index (χ2n) is 4.99. The van der Waals surface area contributed by atoms with Crippen LogP contribution in [-0.4, -0.2) is 29.3 Å². The number of carbonyl (C=O) groups excluding carboxylic acids is 1. The lowest BCUT2D eigenvalue weighted by Gasteiger charge is -2.30. The van der Waals surface area contributed by atoms with E-state index in [4.69, 9.17) is 4.52 Å². The first-order valence-electron chi connectivity index (χ1n) is 6.52. The highest BCUT2D eigenvalue weighted by Crippen LogP contribution is 2.29.